The molecule has 0 radical (unpaired) electrons. The van der Waals surface area contributed by atoms with E-state index in [1.807, 2.05) is 37.3 Å². The zero-order valence-electron chi connectivity index (χ0n) is 11.9. The second-order valence-electron chi connectivity index (χ2n) is 5.10. The summed E-state index contributed by atoms with van der Waals surface area (Å²) in [5.41, 5.74) is 0.923. The second kappa shape index (κ2) is 6.24. The van der Waals surface area contributed by atoms with E-state index in [4.69, 9.17) is 9.47 Å². The summed E-state index contributed by atoms with van der Waals surface area (Å²) in [6, 6.07) is 10.0. The average molecular weight is 289 g/mol. The number of rotatable bonds is 6. The van der Waals surface area contributed by atoms with Crippen LogP contribution < -0.4 is 4.74 Å². The van der Waals surface area contributed by atoms with E-state index in [-0.39, 0.29) is 12.2 Å². The number of ether oxygens (including phenoxy) is 2. The van der Waals surface area contributed by atoms with Crippen LogP contribution in [0.25, 0.3) is 5.69 Å². The Morgan fingerprint density at radius 3 is 2.86 bits per heavy atom. The molecule has 1 aliphatic rings. The summed E-state index contributed by atoms with van der Waals surface area (Å²) in [5, 5.41) is 14.0. The Labute approximate surface area is 123 Å². The zero-order chi connectivity index (χ0) is 14.7. The molecule has 3 unspecified atom stereocenters. The number of aliphatic hydroxyl groups excluding tert-OH is 1. The summed E-state index contributed by atoms with van der Waals surface area (Å²) < 4.78 is 12.9. The van der Waals surface area contributed by atoms with E-state index < -0.39 is 6.10 Å². The van der Waals surface area contributed by atoms with Crippen LogP contribution in [0.4, 0.5) is 0 Å². The Hall–Kier alpha value is -1.92. The molecule has 1 aliphatic carbocycles. The maximum Gasteiger partial charge on any atom is 0.336 e. The molecule has 1 saturated carbocycles. The maximum absolute atomic E-state index is 9.71. The normalized spacial score (nSPS) is 24.6. The van der Waals surface area contributed by atoms with Crippen LogP contribution in [0.1, 0.15) is 19.8 Å². The quantitative estimate of drug-likeness (QED) is 0.874. The minimum absolute atomic E-state index is 0.182. The van der Waals surface area contributed by atoms with E-state index in [9.17, 15) is 5.11 Å². The van der Waals surface area contributed by atoms with Crippen molar-refractivity contribution in [2.45, 2.75) is 38.1 Å². The lowest BCUT2D eigenvalue weighted by Crippen LogP contribution is -2.55. The average Bonchev–Trinajstić information content (AvgIpc) is 2.97. The van der Waals surface area contributed by atoms with Crippen molar-refractivity contribution >= 4 is 0 Å². The van der Waals surface area contributed by atoms with E-state index >= 15 is 0 Å². The van der Waals surface area contributed by atoms with E-state index in [0.717, 1.165) is 12.1 Å². The molecular weight excluding hydrogens is 270 g/mol. The molecule has 0 bridgehead atoms. The third-order valence-corrected chi connectivity index (χ3v) is 3.48. The van der Waals surface area contributed by atoms with Crippen LogP contribution in [0, 0.1) is 0 Å². The highest BCUT2D eigenvalue weighted by Crippen LogP contribution is 2.28. The van der Waals surface area contributed by atoms with Crippen molar-refractivity contribution in [3.63, 3.8) is 0 Å². The monoisotopic (exact) mass is 289 g/mol. The van der Waals surface area contributed by atoms with Gasteiger partial charge in [-0.2, -0.15) is 4.98 Å². The van der Waals surface area contributed by atoms with Crippen LogP contribution in [0.3, 0.4) is 0 Å². The van der Waals surface area contributed by atoms with E-state index in [2.05, 4.69) is 10.1 Å². The Balaban J connectivity index is 1.62. The number of hydrogen-bond donors (Lipinski definition) is 1. The predicted molar refractivity (Wildman–Crippen MR) is 76.4 cm³/mol. The van der Waals surface area contributed by atoms with Crippen LogP contribution in [0.2, 0.25) is 0 Å². The third kappa shape index (κ3) is 3.06. The number of aromatic nitrogens is 3. The lowest BCUT2D eigenvalue weighted by molar-refractivity contribution is -0.164. The van der Waals surface area contributed by atoms with Gasteiger partial charge in [0.05, 0.1) is 11.8 Å². The van der Waals surface area contributed by atoms with Crippen molar-refractivity contribution < 1.29 is 14.6 Å². The Morgan fingerprint density at radius 2 is 2.14 bits per heavy atom. The van der Waals surface area contributed by atoms with Crippen molar-refractivity contribution in [1.82, 2.24) is 14.8 Å². The first kappa shape index (κ1) is 14.0. The number of nitrogens with zero attached hydrogens (tertiary/aromatic N) is 3. The highest BCUT2D eigenvalue weighted by molar-refractivity contribution is 5.29. The minimum atomic E-state index is -0.460. The highest BCUT2D eigenvalue weighted by atomic mass is 16.6. The zero-order valence-corrected chi connectivity index (χ0v) is 11.9. The molecule has 0 saturated heterocycles. The Kier molecular flexibility index (Phi) is 4.17. The smallest absolute Gasteiger partial charge is 0.336 e. The minimum Gasteiger partial charge on any atom is -0.456 e. The van der Waals surface area contributed by atoms with Crippen molar-refractivity contribution in [1.29, 1.82) is 0 Å². The van der Waals surface area contributed by atoms with Gasteiger partial charge in [0.1, 0.15) is 18.5 Å². The van der Waals surface area contributed by atoms with E-state index in [1.165, 1.54) is 0 Å². The van der Waals surface area contributed by atoms with Gasteiger partial charge < -0.3 is 14.6 Å². The van der Waals surface area contributed by atoms with E-state index in [0.29, 0.717) is 19.0 Å². The second-order valence-corrected chi connectivity index (χ2v) is 5.10. The molecule has 1 heterocycles. The van der Waals surface area contributed by atoms with Gasteiger partial charge >= 0.3 is 6.01 Å². The van der Waals surface area contributed by atoms with Gasteiger partial charge in [-0.15, -0.1) is 5.10 Å². The summed E-state index contributed by atoms with van der Waals surface area (Å²) in [7, 11) is 0. The van der Waals surface area contributed by atoms with Crippen LogP contribution in [-0.2, 0) is 4.74 Å². The molecule has 2 aromatic rings. The van der Waals surface area contributed by atoms with Crippen LogP contribution in [0.15, 0.2) is 36.7 Å². The van der Waals surface area contributed by atoms with Crippen molar-refractivity contribution in [2.24, 2.45) is 0 Å². The third-order valence-electron chi connectivity index (χ3n) is 3.48. The largest absolute Gasteiger partial charge is 0.456 e. The lowest BCUT2D eigenvalue weighted by Gasteiger charge is -2.39. The fourth-order valence-electron chi connectivity index (χ4n) is 2.29. The molecule has 0 amide bonds. The summed E-state index contributed by atoms with van der Waals surface area (Å²) in [4.78, 5) is 4.15. The molecule has 1 N–H and O–H groups in total. The first-order valence-electron chi connectivity index (χ1n) is 7.21. The molecule has 3 atom stereocenters. The molecule has 3 rings (SSSR count). The summed E-state index contributed by atoms with van der Waals surface area (Å²) in [6.07, 6.45) is 2.15. The topological polar surface area (TPSA) is 69.4 Å². The standard InChI is InChI=1S/C15H19N3O3/c1-2-8-20-14-12(19)9-13(14)21-15-16-10-18(17-15)11-6-4-3-5-7-11/h3-7,10,12-14,19H,2,8-9H2,1H3. The number of para-hydroxylation sites is 1. The summed E-state index contributed by atoms with van der Waals surface area (Å²) in [6.45, 7) is 2.65. The molecule has 0 spiro atoms. The Morgan fingerprint density at radius 1 is 1.33 bits per heavy atom. The molecule has 1 fully saturated rings. The van der Waals surface area contributed by atoms with Gasteiger partial charge in [-0.25, -0.2) is 4.68 Å². The first-order chi connectivity index (χ1) is 10.3. The highest BCUT2D eigenvalue weighted by Gasteiger charge is 2.43. The molecule has 0 aliphatic heterocycles. The van der Waals surface area contributed by atoms with Gasteiger partial charge in [-0.05, 0) is 18.6 Å². The molecule has 112 valence electrons. The van der Waals surface area contributed by atoms with Gasteiger partial charge in [0.25, 0.3) is 0 Å². The van der Waals surface area contributed by atoms with Crippen molar-refractivity contribution in [3.05, 3.63) is 36.7 Å². The van der Waals surface area contributed by atoms with Gasteiger partial charge in [0.15, 0.2) is 0 Å². The van der Waals surface area contributed by atoms with Crippen LogP contribution in [0.5, 0.6) is 6.01 Å². The number of benzene rings is 1. The van der Waals surface area contributed by atoms with Gasteiger partial charge in [0, 0.05) is 13.0 Å². The maximum atomic E-state index is 9.71. The fourth-order valence-corrected chi connectivity index (χ4v) is 2.29. The lowest BCUT2D eigenvalue weighted by atomic mass is 9.88. The first-order valence-corrected chi connectivity index (χ1v) is 7.21. The molecular formula is C15H19N3O3. The van der Waals surface area contributed by atoms with Crippen molar-refractivity contribution in [3.8, 4) is 11.7 Å². The van der Waals surface area contributed by atoms with Crippen LogP contribution >= 0.6 is 0 Å². The van der Waals surface area contributed by atoms with Crippen LogP contribution in [-0.4, -0.2) is 44.8 Å². The molecule has 1 aromatic heterocycles. The summed E-state index contributed by atoms with van der Waals surface area (Å²) in [5.74, 6) is 0. The van der Waals surface area contributed by atoms with Gasteiger partial charge in [-0.1, -0.05) is 25.1 Å². The number of hydrogen-bond acceptors (Lipinski definition) is 5. The SMILES string of the molecule is CCCOC1C(O)CC1Oc1ncn(-c2ccccc2)n1. The molecule has 21 heavy (non-hydrogen) atoms. The Bertz CT molecular complexity index is 573. The van der Waals surface area contributed by atoms with E-state index in [1.54, 1.807) is 11.0 Å². The fraction of sp³-hybridized carbons (Fsp3) is 0.467. The summed E-state index contributed by atoms with van der Waals surface area (Å²) >= 11 is 0. The predicted octanol–water partition coefficient (Wildman–Crippen LogP) is 1.57. The molecule has 6 nitrogen and oxygen atoms in total. The van der Waals surface area contributed by atoms with Gasteiger partial charge in [-0.3, -0.25) is 0 Å². The van der Waals surface area contributed by atoms with Crippen molar-refractivity contribution in [2.75, 3.05) is 6.61 Å². The molecule has 6 heteroatoms. The molecule has 1 aromatic carbocycles. The van der Waals surface area contributed by atoms with Gasteiger partial charge in [0.2, 0.25) is 0 Å². The number of aliphatic hydroxyl groups is 1.